The van der Waals surface area contributed by atoms with Crippen LogP contribution in [-0.4, -0.2) is 38.9 Å². The van der Waals surface area contributed by atoms with Gasteiger partial charge in [-0.1, -0.05) is 78.4 Å². The maximum atomic E-state index is 13.7. The lowest BCUT2D eigenvalue weighted by atomic mass is 9.90. The van der Waals surface area contributed by atoms with Crippen molar-refractivity contribution in [1.29, 1.82) is 0 Å². The van der Waals surface area contributed by atoms with E-state index in [9.17, 15) is 13.2 Å². The van der Waals surface area contributed by atoms with Gasteiger partial charge in [-0.3, -0.25) is 9.10 Å². The van der Waals surface area contributed by atoms with Gasteiger partial charge in [-0.2, -0.15) is 0 Å². The molecule has 1 saturated heterocycles. The number of likely N-dealkylation sites (tertiary alicyclic amines) is 1. The van der Waals surface area contributed by atoms with Crippen LogP contribution in [0.15, 0.2) is 114 Å². The van der Waals surface area contributed by atoms with E-state index in [1.165, 1.54) is 9.87 Å². The number of ether oxygens (including phenoxy) is 1. The molecule has 4 aromatic carbocycles. The minimum absolute atomic E-state index is 0.0279. The van der Waals surface area contributed by atoms with Gasteiger partial charge in [-0.25, -0.2) is 8.42 Å². The smallest absolute Gasteiger partial charge is 0.264 e. The number of rotatable bonds is 10. The summed E-state index contributed by atoms with van der Waals surface area (Å²) in [6, 6.07) is 33.8. The van der Waals surface area contributed by atoms with E-state index >= 15 is 0 Å². The van der Waals surface area contributed by atoms with Crippen molar-refractivity contribution in [1.82, 2.24) is 4.90 Å². The molecule has 1 amide bonds. The zero-order chi connectivity index (χ0) is 28.7. The van der Waals surface area contributed by atoms with Crippen LogP contribution in [-0.2, 0) is 27.8 Å². The zero-order valence-electron chi connectivity index (χ0n) is 23.4. The van der Waals surface area contributed by atoms with Crippen LogP contribution in [0.2, 0.25) is 0 Å². The number of nitrogens with zero attached hydrogens (tertiary/aromatic N) is 2. The Hall–Kier alpha value is -4.10. The van der Waals surface area contributed by atoms with Crippen LogP contribution >= 0.6 is 0 Å². The van der Waals surface area contributed by atoms with E-state index in [0.29, 0.717) is 17.4 Å². The number of carbonyl (C=O) groups excluding carboxylic acids is 1. The van der Waals surface area contributed by atoms with E-state index in [-0.39, 0.29) is 24.0 Å². The summed E-state index contributed by atoms with van der Waals surface area (Å²) >= 11 is 0. The van der Waals surface area contributed by atoms with Crippen LogP contribution in [0.25, 0.3) is 0 Å². The molecule has 212 valence electrons. The van der Waals surface area contributed by atoms with Gasteiger partial charge in [0.15, 0.2) is 6.61 Å². The van der Waals surface area contributed by atoms with Gasteiger partial charge in [-0.15, -0.1) is 0 Å². The summed E-state index contributed by atoms with van der Waals surface area (Å²) in [5.74, 6) is 1.08. The maximum absolute atomic E-state index is 13.7. The molecule has 0 saturated carbocycles. The highest BCUT2D eigenvalue weighted by Crippen LogP contribution is 2.28. The molecule has 1 aliphatic rings. The van der Waals surface area contributed by atoms with E-state index < -0.39 is 10.0 Å². The molecule has 0 radical (unpaired) electrons. The molecule has 4 aromatic rings. The Morgan fingerprint density at radius 3 is 2.00 bits per heavy atom. The zero-order valence-corrected chi connectivity index (χ0v) is 24.2. The van der Waals surface area contributed by atoms with Crippen molar-refractivity contribution in [3.05, 3.63) is 126 Å². The molecule has 6 nitrogen and oxygen atoms in total. The van der Waals surface area contributed by atoms with Gasteiger partial charge in [0.2, 0.25) is 0 Å². The van der Waals surface area contributed by atoms with Gasteiger partial charge in [0.25, 0.3) is 15.9 Å². The molecule has 0 aromatic heterocycles. The van der Waals surface area contributed by atoms with Crippen LogP contribution in [0.3, 0.4) is 0 Å². The summed E-state index contributed by atoms with van der Waals surface area (Å²) in [7, 11) is -3.82. The molecule has 1 heterocycles. The first-order valence-electron chi connectivity index (χ1n) is 14.1. The first kappa shape index (κ1) is 28.4. The molecular weight excluding hydrogens is 532 g/mol. The summed E-state index contributed by atoms with van der Waals surface area (Å²) in [5.41, 5.74) is 3.74. The second-order valence-corrected chi connectivity index (χ2v) is 12.5. The van der Waals surface area contributed by atoms with E-state index in [1.54, 1.807) is 48.5 Å². The van der Waals surface area contributed by atoms with Crippen molar-refractivity contribution in [2.24, 2.45) is 5.92 Å². The molecule has 1 fully saturated rings. The van der Waals surface area contributed by atoms with E-state index in [1.807, 2.05) is 48.2 Å². The second kappa shape index (κ2) is 13.0. The number of amides is 1. The molecule has 41 heavy (non-hydrogen) atoms. The van der Waals surface area contributed by atoms with Crippen molar-refractivity contribution in [3.8, 4) is 5.75 Å². The van der Waals surface area contributed by atoms with Gasteiger partial charge < -0.3 is 9.64 Å². The van der Waals surface area contributed by atoms with Gasteiger partial charge in [0, 0.05) is 13.1 Å². The fourth-order valence-electron chi connectivity index (χ4n) is 5.18. The molecule has 0 unspecified atom stereocenters. The third-order valence-electron chi connectivity index (χ3n) is 7.60. The number of aryl methyl sites for hydroxylation is 1. The highest BCUT2D eigenvalue weighted by atomic mass is 32.2. The first-order valence-corrected chi connectivity index (χ1v) is 15.5. The van der Waals surface area contributed by atoms with Crippen molar-refractivity contribution in [3.63, 3.8) is 0 Å². The highest BCUT2D eigenvalue weighted by Gasteiger charge is 2.26. The molecule has 0 spiro atoms. The van der Waals surface area contributed by atoms with Crippen LogP contribution in [0.1, 0.15) is 29.5 Å². The number of benzene rings is 4. The fourth-order valence-corrected chi connectivity index (χ4v) is 6.63. The Labute approximate surface area is 243 Å². The Balaban J connectivity index is 1.21. The van der Waals surface area contributed by atoms with Gasteiger partial charge in [-0.05, 0) is 79.6 Å². The SMILES string of the molecule is Cc1ccc(S(=O)(=O)N(Cc2ccccc2)c2ccc(OCC(=O)N3CCC(Cc4ccccc4)CC3)cc2)cc1. The number of hydrogen-bond acceptors (Lipinski definition) is 4. The number of anilines is 1. The fraction of sp³-hybridized carbons (Fsp3) is 0.265. The summed E-state index contributed by atoms with van der Waals surface area (Å²) in [6.45, 7) is 3.55. The van der Waals surface area contributed by atoms with Crippen LogP contribution in [0, 0.1) is 12.8 Å². The second-order valence-electron chi connectivity index (χ2n) is 10.6. The predicted molar refractivity (Wildman–Crippen MR) is 162 cm³/mol. The Kier molecular flexibility index (Phi) is 9.04. The average molecular weight is 569 g/mol. The third kappa shape index (κ3) is 7.35. The summed E-state index contributed by atoms with van der Waals surface area (Å²) < 4.78 is 34.6. The van der Waals surface area contributed by atoms with Crippen LogP contribution < -0.4 is 9.04 Å². The molecular formula is C34H36N2O4S. The number of sulfonamides is 1. The predicted octanol–water partition coefficient (Wildman–Crippen LogP) is 6.25. The van der Waals surface area contributed by atoms with Crippen molar-refractivity contribution in [2.75, 3.05) is 24.0 Å². The molecule has 0 atom stereocenters. The third-order valence-corrected chi connectivity index (χ3v) is 9.39. The minimum atomic E-state index is -3.82. The van der Waals surface area contributed by atoms with E-state index in [2.05, 4.69) is 24.3 Å². The summed E-state index contributed by atoms with van der Waals surface area (Å²) in [6.07, 6.45) is 3.02. The van der Waals surface area contributed by atoms with E-state index in [4.69, 9.17) is 4.74 Å². The van der Waals surface area contributed by atoms with Gasteiger partial charge in [0.1, 0.15) is 5.75 Å². The summed E-state index contributed by atoms with van der Waals surface area (Å²) in [5, 5.41) is 0. The lowest BCUT2D eigenvalue weighted by Gasteiger charge is -2.32. The number of piperidine rings is 1. The Morgan fingerprint density at radius 2 is 1.39 bits per heavy atom. The quantitative estimate of drug-likeness (QED) is 0.227. The lowest BCUT2D eigenvalue weighted by Crippen LogP contribution is -2.41. The monoisotopic (exact) mass is 568 g/mol. The minimum Gasteiger partial charge on any atom is -0.484 e. The molecule has 7 heteroatoms. The number of hydrogen-bond donors (Lipinski definition) is 0. The van der Waals surface area contributed by atoms with Gasteiger partial charge >= 0.3 is 0 Å². The average Bonchev–Trinajstić information content (AvgIpc) is 3.00. The molecule has 0 N–H and O–H groups in total. The normalized spacial score (nSPS) is 14.0. The topological polar surface area (TPSA) is 66.9 Å². The lowest BCUT2D eigenvalue weighted by molar-refractivity contribution is -0.134. The number of carbonyl (C=O) groups is 1. The van der Waals surface area contributed by atoms with Crippen molar-refractivity contribution in [2.45, 2.75) is 37.6 Å². The standard InChI is InChI=1S/C34H36N2O4S/c1-27-12-18-33(19-13-27)41(38,39)36(25-30-10-6-3-7-11-30)31-14-16-32(17-15-31)40-26-34(37)35-22-20-29(21-23-35)24-28-8-4-2-5-9-28/h2-19,29H,20-26H2,1H3. The van der Waals surface area contributed by atoms with E-state index in [0.717, 1.165) is 43.5 Å². The van der Waals surface area contributed by atoms with Crippen molar-refractivity contribution >= 4 is 21.6 Å². The van der Waals surface area contributed by atoms with Crippen LogP contribution in [0.4, 0.5) is 5.69 Å². The molecule has 5 rings (SSSR count). The summed E-state index contributed by atoms with van der Waals surface area (Å²) in [4.78, 5) is 15.0. The van der Waals surface area contributed by atoms with Gasteiger partial charge in [0.05, 0.1) is 17.1 Å². The van der Waals surface area contributed by atoms with Crippen LogP contribution in [0.5, 0.6) is 5.75 Å². The Morgan fingerprint density at radius 1 is 0.805 bits per heavy atom. The largest absolute Gasteiger partial charge is 0.484 e. The highest BCUT2D eigenvalue weighted by molar-refractivity contribution is 7.92. The maximum Gasteiger partial charge on any atom is 0.264 e. The first-order chi connectivity index (χ1) is 19.9. The molecule has 1 aliphatic heterocycles. The van der Waals surface area contributed by atoms with Crippen molar-refractivity contribution < 1.29 is 17.9 Å². The Bertz CT molecular complexity index is 1520. The molecule has 0 aliphatic carbocycles. The molecule has 0 bridgehead atoms.